The van der Waals surface area contributed by atoms with Gasteiger partial charge in [-0.2, -0.15) is 0 Å². The molecule has 1 aromatic rings. The van der Waals surface area contributed by atoms with Gasteiger partial charge in [-0.3, -0.25) is 0 Å². The third kappa shape index (κ3) is 6.37. The van der Waals surface area contributed by atoms with Gasteiger partial charge in [0.05, 0.1) is 6.26 Å². The minimum Gasteiger partial charge on any atom is -0.505 e. The van der Waals surface area contributed by atoms with Crippen LogP contribution in [0.4, 0.5) is 4.39 Å². The molecule has 3 N–H and O–H groups in total. The Morgan fingerprint density at radius 3 is 2.14 bits per heavy atom. The van der Waals surface area contributed by atoms with Gasteiger partial charge in [0.1, 0.15) is 0 Å². The van der Waals surface area contributed by atoms with Gasteiger partial charge in [-0.1, -0.05) is 18.7 Å². The number of aromatic hydroxyl groups is 1. The predicted molar refractivity (Wildman–Crippen MR) is 50.7 cm³/mol. The van der Waals surface area contributed by atoms with Crippen LogP contribution in [-0.2, 0) is 4.52 Å². The van der Waals surface area contributed by atoms with Crippen molar-refractivity contribution >= 4 is 8.60 Å². The van der Waals surface area contributed by atoms with Gasteiger partial charge in [0.2, 0.25) is 0 Å². The summed E-state index contributed by atoms with van der Waals surface area (Å²) in [4.78, 5) is 15.8. The fraction of sp³-hybridized carbons (Fsp3) is 0. The van der Waals surface area contributed by atoms with Crippen molar-refractivity contribution in [2.75, 3.05) is 0 Å². The first kappa shape index (κ1) is 12.8. The molecule has 0 amide bonds. The van der Waals surface area contributed by atoms with Crippen molar-refractivity contribution in [2.24, 2.45) is 0 Å². The lowest BCUT2D eigenvalue weighted by Crippen LogP contribution is -1.70. The maximum Gasteiger partial charge on any atom is 0.390 e. The second kappa shape index (κ2) is 7.26. The molecule has 0 fully saturated rings. The molecular weight excluding hydrogens is 210 g/mol. The van der Waals surface area contributed by atoms with E-state index in [1.165, 1.54) is 18.2 Å². The van der Waals surface area contributed by atoms with Crippen molar-refractivity contribution in [1.29, 1.82) is 0 Å². The number of benzene rings is 1. The van der Waals surface area contributed by atoms with Crippen LogP contribution in [0.3, 0.4) is 0 Å². The maximum absolute atomic E-state index is 12.1. The van der Waals surface area contributed by atoms with E-state index in [4.69, 9.17) is 14.9 Å². The van der Waals surface area contributed by atoms with E-state index in [0.29, 0.717) is 0 Å². The van der Waals surface area contributed by atoms with Gasteiger partial charge < -0.3 is 19.4 Å². The van der Waals surface area contributed by atoms with Crippen molar-refractivity contribution in [3.8, 4) is 5.75 Å². The molecule has 4 nitrogen and oxygen atoms in total. The predicted octanol–water partition coefficient (Wildman–Crippen LogP) is 1.89. The molecule has 0 aliphatic rings. The second-order valence-corrected chi connectivity index (χ2v) is 2.69. The average molecular weight is 220 g/mol. The second-order valence-electron chi connectivity index (χ2n) is 1.98. The number of phenols is 1. The maximum atomic E-state index is 12.1. The smallest absolute Gasteiger partial charge is 0.390 e. The van der Waals surface area contributed by atoms with Gasteiger partial charge in [0.25, 0.3) is 0 Å². The summed E-state index contributed by atoms with van der Waals surface area (Å²) in [6.45, 7) is 3.07. The Kier molecular flexibility index (Phi) is 6.66. The van der Waals surface area contributed by atoms with E-state index >= 15 is 0 Å². The molecule has 0 saturated heterocycles. The first-order chi connectivity index (χ1) is 6.57. The van der Waals surface area contributed by atoms with Crippen molar-refractivity contribution < 1.29 is 23.8 Å². The molecule has 0 saturated carbocycles. The van der Waals surface area contributed by atoms with Crippen LogP contribution < -0.4 is 0 Å². The average Bonchev–Trinajstić information content (AvgIpc) is 2.11. The first-order valence-electron chi connectivity index (χ1n) is 3.47. The minimum atomic E-state index is -2.22. The van der Waals surface area contributed by atoms with E-state index in [0.717, 1.165) is 6.26 Å². The van der Waals surface area contributed by atoms with E-state index in [2.05, 4.69) is 11.1 Å². The topological polar surface area (TPSA) is 69.9 Å². The van der Waals surface area contributed by atoms with Crippen molar-refractivity contribution in [3.05, 3.63) is 42.9 Å². The minimum absolute atomic E-state index is 0.299. The summed E-state index contributed by atoms with van der Waals surface area (Å²) >= 11 is 0. The van der Waals surface area contributed by atoms with Gasteiger partial charge in [0, 0.05) is 0 Å². The number of phenolic OH excluding ortho intramolecular Hbond substituents is 1. The van der Waals surface area contributed by atoms with E-state index in [9.17, 15) is 4.39 Å². The van der Waals surface area contributed by atoms with E-state index in [1.807, 2.05) is 0 Å². The highest BCUT2D eigenvalue weighted by Crippen LogP contribution is 2.23. The van der Waals surface area contributed by atoms with Crippen LogP contribution in [0.2, 0.25) is 0 Å². The molecule has 1 rings (SSSR count). The highest BCUT2D eigenvalue weighted by Gasteiger charge is 1.92. The Morgan fingerprint density at radius 1 is 1.36 bits per heavy atom. The SMILES string of the molecule is C=COP(O)O.Oc1ccccc1F. The molecule has 14 heavy (non-hydrogen) atoms. The van der Waals surface area contributed by atoms with Crippen LogP contribution in [0.5, 0.6) is 5.75 Å². The molecule has 0 spiro atoms. The van der Waals surface area contributed by atoms with Crippen LogP contribution in [-0.4, -0.2) is 14.9 Å². The molecule has 0 radical (unpaired) electrons. The number of halogens is 1. The summed E-state index contributed by atoms with van der Waals surface area (Å²) in [5, 5.41) is 8.54. The largest absolute Gasteiger partial charge is 0.505 e. The van der Waals surface area contributed by atoms with Crippen molar-refractivity contribution in [2.45, 2.75) is 0 Å². The van der Waals surface area contributed by atoms with E-state index in [-0.39, 0.29) is 5.75 Å². The lowest BCUT2D eigenvalue weighted by molar-refractivity contribution is 0.343. The normalized spacial score (nSPS) is 8.86. The zero-order valence-corrected chi connectivity index (χ0v) is 8.06. The lowest BCUT2D eigenvalue weighted by atomic mass is 10.3. The molecule has 0 bridgehead atoms. The summed E-state index contributed by atoms with van der Waals surface area (Å²) in [5.74, 6) is -0.875. The fourth-order valence-electron chi connectivity index (χ4n) is 0.518. The highest BCUT2D eigenvalue weighted by molar-refractivity contribution is 7.39. The first-order valence-corrected chi connectivity index (χ1v) is 4.63. The molecule has 0 atom stereocenters. The fourth-order valence-corrected chi connectivity index (χ4v) is 0.652. The van der Waals surface area contributed by atoms with Crippen LogP contribution in [0.15, 0.2) is 37.1 Å². The van der Waals surface area contributed by atoms with Crippen molar-refractivity contribution in [3.63, 3.8) is 0 Å². The third-order valence-corrected chi connectivity index (χ3v) is 1.36. The number of para-hydroxylation sites is 1. The zero-order chi connectivity index (χ0) is 11.0. The Morgan fingerprint density at radius 2 is 1.93 bits per heavy atom. The molecule has 6 heteroatoms. The molecule has 78 valence electrons. The van der Waals surface area contributed by atoms with Gasteiger partial charge >= 0.3 is 8.60 Å². The van der Waals surface area contributed by atoms with Gasteiger partial charge in [-0.05, 0) is 12.1 Å². The molecule has 0 aromatic heterocycles. The molecule has 1 aromatic carbocycles. The zero-order valence-electron chi connectivity index (χ0n) is 7.17. The lowest BCUT2D eigenvalue weighted by Gasteiger charge is -1.93. The van der Waals surface area contributed by atoms with Crippen LogP contribution in [0.1, 0.15) is 0 Å². The molecule has 0 unspecified atom stereocenters. The summed E-state index contributed by atoms with van der Waals surface area (Å²) in [5.41, 5.74) is 0. The van der Waals surface area contributed by atoms with E-state index in [1.54, 1.807) is 6.07 Å². The van der Waals surface area contributed by atoms with Crippen molar-refractivity contribution in [1.82, 2.24) is 0 Å². The monoisotopic (exact) mass is 220 g/mol. The number of hydrogen-bond donors (Lipinski definition) is 3. The van der Waals surface area contributed by atoms with Crippen LogP contribution in [0.25, 0.3) is 0 Å². The Hall–Kier alpha value is -1.16. The van der Waals surface area contributed by atoms with E-state index < -0.39 is 14.4 Å². The van der Waals surface area contributed by atoms with Gasteiger partial charge in [-0.15, -0.1) is 0 Å². The molecular formula is C8H10FO4P. The highest BCUT2D eigenvalue weighted by atomic mass is 31.2. The number of hydrogen-bond acceptors (Lipinski definition) is 4. The molecule has 0 aliphatic carbocycles. The van der Waals surface area contributed by atoms with Gasteiger partial charge in [-0.25, -0.2) is 4.39 Å². The number of rotatable bonds is 2. The van der Waals surface area contributed by atoms with Crippen LogP contribution in [0, 0.1) is 5.82 Å². The summed E-state index contributed by atoms with van der Waals surface area (Å²) in [6.07, 6.45) is 0.978. The summed E-state index contributed by atoms with van der Waals surface area (Å²) in [7, 11) is -2.22. The molecule has 0 heterocycles. The van der Waals surface area contributed by atoms with Gasteiger partial charge in [0.15, 0.2) is 11.6 Å². The Balaban J connectivity index is 0.000000255. The Labute approximate surface area is 81.9 Å². The molecule has 0 aliphatic heterocycles. The summed E-state index contributed by atoms with van der Waals surface area (Å²) < 4.78 is 16.1. The summed E-state index contributed by atoms with van der Waals surface area (Å²) in [6, 6.07) is 5.60. The third-order valence-electron chi connectivity index (χ3n) is 1.02. The quantitative estimate of drug-likeness (QED) is 0.525. The standard InChI is InChI=1S/C6H5FO.C2H5O3P/c7-5-3-1-2-4-6(5)8;1-2-5-6(3)4/h1-4,8H;2-4H,1H2. The Bertz CT molecular complexity index is 259. The van der Waals surface area contributed by atoms with Crippen LogP contribution >= 0.6 is 8.60 Å².